The normalized spacial score (nSPS) is 16.2. The number of Topliss-reactive ketones (excluding diaryl/α,β-unsaturated/α-hetero) is 1. The van der Waals surface area contributed by atoms with Gasteiger partial charge in [-0.05, 0) is 47.9 Å². The van der Waals surface area contributed by atoms with Gasteiger partial charge in [0, 0.05) is 12.0 Å². The van der Waals surface area contributed by atoms with Gasteiger partial charge in [-0.25, -0.2) is 0 Å². The molecule has 0 radical (unpaired) electrons. The molecule has 0 spiro atoms. The molecule has 1 aromatic rings. The van der Waals surface area contributed by atoms with E-state index >= 15 is 0 Å². The molecule has 1 fully saturated rings. The second-order valence-electron chi connectivity index (χ2n) is 4.58. The molecule has 1 aromatic carbocycles. The van der Waals surface area contributed by atoms with Gasteiger partial charge in [0.2, 0.25) is 0 Å². The summed E-state index contributed by atoms with van der Waals surface area (Å²) in [5.41, 5.74) is 0.627. The van der Waals surface area contributed by atoms with E-state index in [1.54, 1.807) is 26.4 Å². The topological polar surface area (TPSA) is 47.6 Å². The van der Waals surface area contributed by atoms with E-state index in [1.807, 2.05) is 0 Å². The molecule has 0 aliphatic carbocycles. The Bertz CT molecular complexity index is 470. The molecular formula is C14H18BrNO3. The van der Waals surface area contributed by atoms with Gasteiger partial charge in [0.05, 0.1) is 24.3 Å². The minimum Gasteiger partial charge on any atom is -0.496 e. The van der Waals surface area contributed by atoms with Gasteiger partial charge in [-0.3, -0.25) is 4.79 Å². The van der Waals surface area contributed by atoms with Crippen LogP contribution < -0.4 is 14.8 Å². The number of piperidine rings is 1. The van der Waals surface area contributed by atoms with E-state index in [0.717, 1.165) is 30.4 Å². The molecule has 0 amide bonds. The van der Waals surface area contributed by atoms with Crippen molar-refractivity contribution in [2.75, 3.05) is 27.3 Å². The van der Waals surface area contributed by atoms with Gasteiger partial charge < -0.3 is 14.8 Å². The number of ether oxygens (including phenoxy) is 2. The smallest absolute Gasteiger partial charge is 0.169 e. The van der Waals surface area contributed by atoms with Crippen LogP contribution >= 0.6 is 15.9 Å². The van der Waals surface area contributed by atoms with Crippen molar-refractivity contribution in [3.05, 3.63) is 22.2 Å². The van der Waals surface area contributed by atoms with E-state index in [4.69, 9.17) is 9.47 Å². The lowest BCUT2D eigenvalue weighted by Crippen LogP contribution is -2.32. The van der Waals surface area contributed by atoms with Crippen molar-refractivity contribution in [3.8, 4) is 11.5 Å². The van der Waals surface area contributed by atoms with Crippen LogP contribution in [0.2, 0.25) is 0 Å². The third kappa shape index (κ3) is 3.09. The summed E-state index contributed by atoms with van der Waals surface area (Å²) in [6.45, 7) is 1.80. The second-order valence-corrected chi connectivity index (χ2v) is 5.43. The van der Waals surface area contributed by atoms with Crippen molar-refractivity contribution in [1.29, 1.82) is 0 Å². The molecule has 1 aliphatic heterocycles. The molecule has 19 heavy (non-hydrogen) atoms. The number of carbonyl (C=O) groups is 1. The fourth-order valence-corrected chi connectivity index (χ4v) is 2.86. The zero-order chi connectivity index (χ0) is 13.8. The molecule has 0 atom stereocenters. The lowest BCUT2D eigenvalue weighted by molar-refractivity contribution is 0.0892. The molecule has 1 N–H and O–H groups in total. The number of hydrogen-bond acceptors (Lipinski definition) is 4. The molecule has 104 valence electrons. The van der Waals surface area contributed by atoms with Gasteiger partial charge in [-0.2, -0.15) is 0 Å². The predicted octanol–water partition coefficient (Wildman–Crippen LogP) is 2.65. The molecular weight excluding hydrogens is 310 g/mol. The molecule has 5 heteroatoms. The van der Waals surface area contributed by atoms with E-state index in [0.29, 0.717) is 17.1 Å². The van der Waals surface area contributed by atoms with Gasteiger partial charge in [0.1, 0.15) is 11.5 Å². The highest BCUT2D eigenvalue weighted by atomic mass is 79.9. The van der Waals surface area contributed by atoms with Gasteiger partial charge in [-0.15, -0.1) is 0 Å². The summed E-state index contributed by atoms with van der Waals surface area (Å²) in [6, 6.07) is 3.54. The zero-order valence-corrected chi connectivity index (χ0v) is 12.7. The molecule has 2 rings (SSSR count). The van der Waals surface area contributed by atoms with E-state index in [9.17, 15) is 4.79 Å². The molecule has 1 saturated heterocycles. The number of nitrogens with one attached hydrogen (secondary N) is 1. The van der Waals surface area contributed by atoms with Crippen molar-refractivity contribution in [2.24, 2.45) is 5.92 Å². The molecule has 4 nitrogen and oxygen atoms in total. The summed E-state index contributed by atoms with van der Waals surface area (Å²) in [4.78, 5) is 12.6. The largest absolute Gasteiger partial charge is 0.496 e. The van der Waals surface area contributed by atoms with Crippen LogP contribution in [0.1, 0.15) is 23.2 Å². The Balaban J connectivity index is 2.32. The molecule has 1 heterocycles. The van der Waals surface area contributed by atoms with Crippen molar-refractivity contribution in [2.45, 2.75) is 12.8 Å². The van der Waals surface area contributed by atoms with Gasteiger partial charge in [-0.1, -0.05) is 0 Å². The average molecular weight is 328 g/mol. The zero-order valence-electron chi connectivity index (χ0n) is 11.2. The number of carbonyl (C=O) groups excluding carboxylic acids is 1. The molecule has 0 bridgehead atoms. The Labute approximate surface area is 121 Å². The maximum Gasteiger partial charge on any atom is 0.169 e. The van der Waals surface area contributed by atoms with Crippen LogP contribution in [0.4, 0.5) is 0 Å². The first-order valence-corrected chi connectivity index (χ1v) is 7.13. The Morgan fingerprint density at radius 3 is 2.42 bits per heavy atom. The monoisotopic (exact) mass is 327 g/mol. The lowest BCUT2D eigenvalue weighted by atomic mass is 9.89. The lowest BCUT2D eigenvalue weighted by Gasteiger charge is -2.22. The maximum atomic E-state index is 12.6. The molecule has 0 saturated carbocycles. The minimum absolute atomic E-state index is 0.0791. The van der Waals surface area contributed by atoms with Crippen molar-refractivity contribution in [1.82, 2.24) is 5.32 Å². The summed E-state index contributed by atoms with van der Waals surface area (Å²) in [5.74, 6) is 1.47. The van der Waals surface area contributed by atoms with Crippen molar-refractivity contribution in [3.63, 3.8) is 0 Å². The number of ketones is 1. The number of methoxy groups -OCH3 is 2. The minimum atomic E-state index is 0.0791. The molecule has 0 aromatic heterocycles. The molecule has 0 unspecified atom stereocenters. The summed E-state index contributed by atoms with van der Waals surface area (Å²) in [5, 5.41) is 3.27. The number of halogens is 1. The highest BCUT2D eigenvalue weighted by Crippen LogP contribution is 2.34. The van der Waals surface area contributed by atoms with Gasteiger partial charge >= 0.3 is 0 Å². The van der Waals surface area contributed by atoms with Gasteiger partial charge in [0.15, 0.2) is 5.78 Å². The van der Waals surface area contributed by atoms with Crippen molar-refractivity contribution < 1.29 is 14.3 Å². The SMILES string of the molecule is COc1cc(OC)c(C(=O)C2CCNCC2)cc1Br. The highest BCUT2D eigenvalue weighted by Gasteiger charge is 2.25. The quantitative estimate of drug-likeness (QED) is 0.864. The predicted molar refractivity (Wildman–Crippen MR) is 77.2 cm³/mol. The highest BCUT2D eigenvalue weighted by molar-refractivity contribution is 9.10. The summed E-state index contributed by atoms with van der Waals surface area (Å²) in [7, 11) is 3.16. The third-order valence-electron chi connectivity index (χ3n) is 3.45. The third-order valence-corrected chi connectivity index (χ3v) is 4.07. The van der Waals surface area contributed by atoms with E-state index in [1.165, 1.54) is 0 Å². The Morgan fingerprint density at radius 1 is 1.21 bits per heavy atom. The second kappa shape index (κ2) is 6.39. The van der Waals surface area contributed by atoms with Gasteiger partial charge in [0.25, 0.3) is 0 Å². The van der Waals surface area contributed by atoms with E-state index in [-0.39, 0.29) is 11.7 Å². The van der Waals surface area contributed by atoms with Crippen LogP contribution in [0.25, 0.3) is 0 Å². The van der Waals surface area contributed by atoms with E-state index in [2.05, 4.69) is 21.2 Å². The van der Waals surface area contributed by atoms with Crippen LogP contribution in [0.15, 0.2) is 16.6 Å². The number of hydrogen-bond donors (Lipinski definition) is 1. The summed E-state index contributed by atoms with van der Waals surface area (Å²) >= 11 is 3.42. The average Bonchev–Trinajstić information content (AvgIpc) is 2.47. The Kier molecular flexibility index (Phi) is 4.82. The standard InChI is InChI=1S/C14H18BrNO3/c1-18-12-8-13(19-2)11(15)7-10(12)14(17)9-3-5-16-6-4-9/h7-9,16H,3-6H2,1-2H3. The summed E-state index contributed by atoms with van der Waals surface area (Å²) in [6.07, 6.45) is 1.76. The Morgan fingerprint density at radius 2 is 1.84 bits per heavy atom. The van der Waals surface area contributed by atoms with E-state index < -0.39 is 0 Å². The van der Waals surface area contributed by atoms with Crippen molar-refractivity contribution >= 4 is 21.7 Å². The Hall–Kier alpha value is -1.07. The van der Waals surface area contributed by atoms with Crippen LogP contribution in [0.3, 0.4) is 0 Å². The fraction of sp³-hybridized carbons (Fsp3) is 0.500. The first-order valence-electron chi connectivity index (χ1n) is 6.33. The number of rotatable bonds is 4. The van der Waals surface area contributed by atoms with Crippen LogP contribution in [-0.4, -0.2) is 33.1 Å². The van der Waals surface area contributed by atoms with Crippen LogP contribution in [0.5, 0.6) is 11.5 Å². The maximum absolute atomic E-state index is 12.6. The first kappa shape index (κ1) is 14.3. The number of benzene rings is 1. The fourth-order valence-electron chi connectivity index (χ4n) is 2.36. The van der Waals surface area contributed by atoms with Crippen LogP contribution in [0, 0.1) is 5.92 Å². The summed E-state index contributed by atoms with van der Waals surface area (Å²) < 4.78 is 11.3. The first-order chi connectivity index (χ1) is 9.17. The molecule has 1 aliphatic rings. The van der Waals surface area contributed by atoms with Crippen LogP contribution in [-0.2, 0) is 0 Å².